The van der Waals surface area contributed by atoms with Crippen molar-refractivity contribution in [2.24, 2.45) is 0 Å². The predicted octanol–water partition coefficient (Wildman–Crippen LogP) is 4.44. The van der Waals surface area contributed by atoms with E-state index in [4.69, 9.17) is 16.7 Å². The van der Waals surface area contributed by atoms with Gasteiger partial charge in [-0.1, -0.05) is 41.9 Å². The highest BCUT2D eigenvalue weighted by Gasteiger charge is 2.18. The maximum atomic E-state index is 13.2. The third kappa shape index (κ3) is 4.44. The fourth-order valence-electron chi connectivity index (χ4n) is 3.67. The molecule has 3 aromatic carbocycles. The van der Waals surface area contributed by atoms with Gasteiger partial charge in [-0.2, -0.15) is 5.10 Å². The normalized spacial score (nSPS) is 10.9. The van der Waals surface area contributed by atoms with Crippen molar-refractivity contribution in [3.8, 4) is 22.6 Å². The van der Waals surface area contributed by atoms with Crippen molar-refractivity contribution in [2.45, 2.75) is 6.54 Å². The Bertz CT molecular complexity index is 1400. The first-order valence-corrected chi connectivity index (χ1v) is 10.9. The number of hydrogen-bond donors (Lipinski definition) is 0. The lowest BCUT2D eigenvalue weighted by Crippen LogP contribution is -2.26. The number of carbonyl (C=O) groups excluding carboxylic acids is 1. The molecule has 168 valence electrons. The van der Waals surface area contributed by atoms with Crippen LogP contribution in [0.15, 0.2) is 91.4 Å². The average Bonchev–Trinajstić information content (AvgIpc) is 3.56. The third-order valence-corrected chi connectivity index (χ3v) is 5.66. The van der Waals surface area contributed by atoms with E-state index in [1.165, 1.54) is 11.0 Å². The van der Waals surface area contributed by atoms with Crippen molar-refractivity contribution >= 4 is 17.5 Å². The number of rotatable bonds is 6. The lowest BCUT2D eigenvalue weighted by molar-refractivity contribution is 0.0785. The monoisotopic (exact) mass is 469 g/mol. The van der Waals surface area contributed by atoms with Crippen LogP contribution in [-0.4, -0.2) is 47.8 Å². The number of nitrogens with zero attached hydrogens (tertiary/aromatic N) is 7. The van der Waals surface area contributed by atoms with Gasteiger partial charge in [-0.15, -0.1) is 5.10 Å². The van der Waals surface area contributed by atoms with E-state index in [0.717, 1.165) is 28.2 Å². The second-order valence-corrected chi connectivity index (χ2v) is 8.19. The summed E-state index contributed by atoms with van der Waals surface area (Å²) in [4.78, 5) is 14.8. The Kier molecular flexibility index (Phi) is 5.88. The Hall–Kier alpha value is -4.30. The van der Waals surface area contributed by atoms with E-state index < -0.39 is 0 Å². The number of carbonyl (C=O) groups is 1. The Morgan fingerprint density at radius 3 is 2.29 bits per heavy atom. The molecule has 5 rings (SSSR count). The number of aromatic nitrogens is 6. The van der Waals surface area contributed by atoms with E-state index >= 15 is 0 Å². The predicted molar refractivity (Wildman–Crippen MR) is 129 cm³/mol. The summed E-state index contributed by atoms with van der Waals surface area (Å²) in [6, 6.07) is 24.6. The zero-order chi connectivity index (χ0) is 23.5. The Labute approximate surface area is 201 Å². The van der Waals surface area contributed by atoms with E-state index in [0.29, 0.717) is 17.1 Å². The first-order valence-electron chi connectivity index (χ1n) is 10.6. The van der Waals surface area contributed by atoms with E-state index in [1.807, 2.05) is 77.6 Å². The number of hydrogen-bond acceptors (Lipinski definition) is 5. The lowest BCUT2D eigenvalue weighted by Gasteiger charge is -2.17. The van der Waals surface area contributed by atoms with Gasteiger partial charge >= 0.3 is 0 Å². The van der Waals surface area contributed by atoms with Crippen LogP contribution in [-0.2, 0) is 6.54 Å². The number of amides is 1. The molecule has 2 heterocycles. The minimum Gasteiger partial charge on any atom is -0.337 e. The van der Waals surface area contributed by atoms with Gasteiger partial charge in [0.15, 0.2) is 0 Å². The minimum atomic E-state index is -0.0993. The molecule has 0 atom stereocenters. The number of benzene rings is 3. The molecule has 8 nitrogen and oxygen atoms in total. The van der Waals surface area contributed by atoms with E-state index in [9.17, 15) is 4.79 Å². The summed E-state index contributed by atoms with van der Waals surface area (Å²) < 4.78 is 3.37. The fraction of sp³-hybridized carbons (Fsp3) is 0.0800. The molecule has 0 aliphatic carbocycles. The third-order valence-electron chi connectivity index (χ3n) is 5.41. The smallest absolute Gasteiger partial charge is 0.253 e. The number of para-hydroxylation sites is 1. The molecule has 0 spiro atoms. The van der Waals surface area contributed by atoms with Gasteiger partial charge in [0.25, 0.3) is 5.91 Å². The summed E-state index contributed by atoms with van der Waals surface area (Å²) in [5.41, 5.74) is 4.94. The SMILES string of the molecule is CN(Cc1cn(-c2ccccc2)nc1-c1ccc(Cl)cc1)C(=O)c1ccc(-n2cnnn2)cc1. The average molecular weight is 470 g/mol. The molecule has 0 unspecified atom stereocenters. The molecule has 34 heavy (non-hydrogen) atoms. The summed E-state index contributed by atoms with van der Waals surface area (Å²) in [6.45, 7) is 0.387. The van der Waals surface area contributed by atoms with E-state index in [2.05, 4.69) is 15.5 Å². The van der Waals surface area contributed by atoms with Crippen LogP contribution in [0.25, 0.3) is 22.6 Å². The largest absolute Gasteiger partial charge is 0.337 e. The summed E-state index contributed by atoms with van der Waals surface area (Å²) >= 11 is 6.09. The summed E-state index contributed by atoms with van der Waals surface area (Å²) in [5, 5.41) is 16.6. The van der Waals surface area contributed by atoms with Crippen molar-refractivity contribution in [2.75, 3.05) is 7.05 Å². The Balaban J connectivity index is 1.42. The molecule has 9 heteroatoms. The van der Waals surface area contributed by atoms with Crippen LogP contribution >= 0.6 is 11.6 Å². The standard InChI is InChI=1S/C25H20ClN7O/c1-31(25(34)19-9-13-23(14-10-19)33-17-27-29-30-33)15-20-16-32(22-5-3-2-4-6-22)28-24(20)18-7-11-21(26)12-8-18/h2-14,16-17H,15H2,1H3. The van der Waals surface area contributed by atoms with Crippen molar-refractivity contribution in [1.29, 1.82) is 0 Å². The highest BCUT2D eigenvalue weighted by Crippen LogP contribution is 2.26. The molecule has 0 saturated carbocycles. The molecule has 0 fully saturated rings. The fourth-order valence-corrected chi connectivity index (χ4v) is 3.80. The second kappa shape index (κ2) is 9.29. The van der Waals surface area contributed by atoms with Crippen LogP contribution in [0.2, 0.25) is 5.02 Å². The zero-order valence-corrected chi connectivity index (χ0v) is 19.0. The highest BCUT2D eigenvalue weighted by atomic mass is 35.5. The lowest BCUT2D eigenvalue weighted by atomic mass is 10.1. The van der Waals surface area contributed by atoms with Crippen molar-refractivity contribution < 1.29 is 4.79 Å². The summed E-state index contributed by atoms with van der Waals surface area (Å²) in [7, 11) is 1.78. The van der Waals surface area contributed by atoms with Gasteiger partial charge in [0.2, 0.25) is 0 Å². The van der Waals surface area contributed by atoms with E-state index in [-0.39, 0.29) is 5.91 Å². The number of tetrazole rings is 1. The Morgan fingerprint density at radius 2 is 1.62 bits per heavy atom. The van der Waals surface area contributed by atoms with Crippen LogP contribution in [0.1, 0.15) is 15.9 Å². The molecular formula is C25H20ClN7O. The first kappa shape index (κ1) is 21.5. The maximum Gasteiger partial charge on any atom is 0.253 e. The number of halogens is 1. The van der Waals surface area contributed by atoms with Crippen LogP contribution in [0.3, 0.4) is 0 Å². The first-order chi connectivity index (χ1) is 16.6. The molecule has 1 amide bonds. The van der Waals surface area contributed by atoms with Crippen LogP contribution in [0, 0.1) is 0 Å². The van der Waals surface area contributed by atoms with Crippen LogP contribution in [0.4, 0.5) is 0 Å². The van der Waals surface area contributed by atoms with Gasteiger partial charge in [-0.05, 0) is 59.0 Å². The van der Waals surface area contributed by atoms with Gasteiger partial charge in [0.1, 0.15) is 6.33 Å². The highest BCUT2D eigenvalue weighted by molar-refractivity contribution is 6.30. The molecule has 0 aliphatic heterocycles. The zero-order valence-electron chi connectivity index (χ0n) is 18.3. The molecule has 0 aliphatic rings. The van der Waals surface area contributed by atoms with Crippen molar-refractivity contribution in [1.82, 2.24) is 34.9 Å². The van der Waals surface area contributed by atoms with Gasteiger partial charge in [0, 0.05) is 41.5 Å². The van der Waals surface area contributed by atoms with Crippen LogP contribution in [0.5, 0.6) is 0 Å². The maximum absolute atomic E-state index is 13.2. The summed E-state index contributed by atoms with van der Waals surface area (Å²) in [6.07, 6.45) is 3.47. The molecule has 2 aromatic heterocycles. The molecular weight excluding hydrogens is 450 g/mol. The Morgan fingerprint density at radius 1 is 0.912 bits per heavy atom. The van der Waals surface area contributed by atoms with Gasteiger partial charge in [-0.25, -0.2) is 9.36 Å². The van der Waals surface area contributed by atoms with Gasteiger partial charge < -0.3 is 4.90 Å². The second-order valence-electron chi connectivity index (χ2n) is 7.75. The van der Waals surface area contributed by atoms with E-state index in [1.54, 1.807) is 24.1 Å². The van der Waals surface area contributed by atoms with Crippen molar-refractivity contribution in [3.05, 3.63) is 108 Å². The summed E-state index contributed by atoms with van der Waals surface area (Å²) in [5.74, 6) is -0.0993. The molecule has 0 radical (unpaired) electrons. The van der Waals surface area contributed by atoms with Gasteiger partial charge in [0.05, 0.1) is 17.1 Å². The quantitative estimate of drug-likeness (QED) is 0.367. The van der Waals surface area contributed by atoms with Gasteiger partial charge in [-0.3, -0.25) is 4.79 Å². The minimum absolute atomic E-state index is 0.0993. The van der Waals surface area contributed by atoms with Crippen molar-refractivity contribution in [3.63, 3.8) is 0 Å². The van der Waals surface area contributed by atoms with Crippen LogP contribution < -0.4 is 0 Å². The molecule has 5 aromatic rings. The topological polar surface area (TPSA) is 81.7 Å². The molecule has 0 saturated heterocycles. The molecule has 0 bridgehead atoms. The molecule has 0 N–H and O–H groups in total.